The Morgan fingerprint density at radius 2 is 1.12 bits per heavy atom. The second kappa shape index (κ2) is 3.80. The maximum Gasteiger partial charge on any atom is 0.0592 e. The Kier molecular flexibility index (Phi) is 3.72. The van der Waals surface area contributed by atoms with Crippen LogP contribution in [0.5, 0.6) is 0 Å². The summed E-state index contributed by atoms with van der Waals surface area (Å²) < 4.78 is 0. The molecule has 0 unspecified atom stereocenters. The summed E-state index contributed by atoms with van der Waals surface area (Å²) in [4.78, 5) is 9.47. The molecule has 4 nitrogen and oxygen atoms in total. The number of rotatable bonds is 3. The Bertz CT molecular complexity index is 52.0. The van der Waals surface area contributed by atoms with E-state index in [0.29, 0.717) is 0 Å². The van der Waals surface area contributed by atoms with Gasteiger partial charge in [0.25, 0.3) is 0 Å². The van der Waals surface area contributed by atoms with Gasteiger partial charge in [0, 0.05) is 14.1 Å². The molecule has 50 valence electrons. The highest BCUT2D eigenvalue weighted by Gasteiger charge is 1.99. The summed E-state index contributed by atoms with van der Waals surface area (Å²) >= 11 is 0. The molecule has 0 spiro atoms. The number of hydrazine groups is 1. The monoisotopic (exact) mass is 120 g/mol. The van der Waals surface area contributed by atoms with Crippen LogP contribution in [-0.2, 0) is 9.68 Å². The quantitative estimate of drug-likeness (QED) is 0.485. The highest BCUT2D eigenvalue weighted by atomic mass is 16.8. The van der Waals surface area contributed by atoms with E-state index in [2.05, 4.69) is 0 Å². The molecule has 0 amide bonds. The fraction of sp³-hybridized carbons (Fsp3) is 1.00. The summed E-state index contributed by atoms with van der Waals surface area (Å²) in [6.07, 6.45) is 0. The zero-order chi connectivity index (χ0) is 6.57. The fourth-order valence-electron chi connectivity index (χ4n) is 0.230. The van der Waals surface area contributed by atoms with Crippen LogP contribution in [0.4, 0.5) is 0 Å². The average molecular weight is 120 g/mol. The molecule has 0 radical (unpaired) electrons. The lowest BCUT2D eigenvalue weighted by molar-refractivity contribution is -0.365. The van der Waals surface area contributed by atoms with E-state index in [4.69, 9.17) is 9.68 Å². The van der Waals surface area contributed by atoms with Crippen molar-refractivity contribution < 1.29 is 9.68 Å². The third kappa shape index (κ3) is 2.23. The third-order valence-corrected chi connectivity index (χ3v) is 0.925. The lowest BCUT2D eigenvalue weighted by Gasteiger charge is -2.22. The standard InChI is InChI=1S/C4H12N2O2/c1-5(7-3)6(2)8-4/h1-4H3. The van der Waals surface area contributed by atoms with Crippen LogP contribution in [-0.4, -0.2) is 38.7 Å². The van der Waals surface area contributed by atoms with Crippen molar-refractivity contribution in [3.8, 4) is 0 Å². The molecule has 0 N–H and O–H groups in total. The fourth-order valence-corrected chi connectivity index (χ4v) is 0.230. The molecule has 0 aromatic rings. The van der Waals surface area contributed by atoms with Crippen LogP contribution in [0.2, 0.25) is 0 Å². The molecule has 0 fully saturated rings. The first-order valence-corrected chi connectivity index (χ1v) is 2.28. The molecule has 0 aliphatic heterocycles. The minimum absolute atomic E-state index is 1.46. The Labute approximate surface area is 49.5 Å². The van der Waals surface area contributed by atoms with Gasteiger partial charge in [-0.2, -0.15) is 0 Å². The van der Waals surface area contributed by atoms with E-state index in [1.54, 1.807) is 28.3 Å². The normalized spacial score (nSPS) is 11.2. The lowest BCUT2D eigenvalue weighted by atomic mass is 11.3. The molecule has 0 aromatic heterocycles. The van der Waals surface area contributed by atoms with Gasteiger partial charge in [-0.3, -0.25) is 9.68 Å². The van der Waals surface area contributed by atoms with E-state index in [-0.39, 0.29) is 0 Å². The van der Waals surface area contributed by atoms with Crippen LogP contribution in [0.15, 0.2) is 0 Å². The SMILES string of the molecule is CON(C)N(C)OC. The molecule has 0 saturated heterocycles. The minimum Gasteiger partial charge on any atom is -0.286 e. The topological polar surface area (TPSA) is 24.9 Å². The van der Waals surface area contributed by atoms with Gasteiger partial charge in [-0.1, -0.05) is 0 Å². The largest absolute Gasteiger partial charge is 0.286 e. The Balaban J connectivity index is 3.29. The molecule has 8 heavy (non-hydrogen) atoms. The number of hydroxylamine groups is 2. The highest BCUT2D eigenvalue weighted by Crippen LogP contribution is 1.86. The summed E-state index contributed by atoms with van der Waals surface area (Å²) in [5.41, 5.74) is 0. The molecule has 0 bridgehead atoms. The summed E-state index contributed by atoms with van der Waals surface area (Å²) in [7, 11) is 6.61. The van der Waals surface area contributed by atoms with Gasteiger partial charge in [-0.05, 0) is 0 Å². The van der Waals surface area contributed by atoms with E-state index < -0.39 is 0 Å². The Morgan fingerprint density at radius 3 is 1.25 bits per heavy atom. The second-order valence-electron chi connectivity index (χ2n) is 1.29. The van der Waals surface area contributed by atoms with Gasteiger partial charge in [0.2, 0.25) is 0 Å². The van der Waals surface area contributed by atoms with Crippen LogP contribution in [0, 0.1) is 0 Å². The Hall–Kier alpha value is -0.160. The molecule has 4 heteroatoms. The van der Waals surface area contributed by atoms with Crippen LogP contribution in [0.1, 0.15) is 0 Å². The van der Waals surface area contributed by atoms with E-state index >= 15 is 0 Å². The zero-order valence-electron chi connectivity index (χ0n) is 5.71. The van der Waals surface area contributed by atoms with E-state index in [1.807, 2.05) is 0 Å². The van der Waals surface area contributed by atoms with E-state index in [0.717, 1.165) is 0 Å². The average Bonchev–Trinajstić information content (AvgIpc) is 1.84. The second-order valence-corrected chi connectivity index (χ2v) is 1.29. The summed E-state index contributed by atoms with van der Waals surface area (Å²) in [6, 6.07) is 0. The lowest BCUT2D eigenvalue weighted by Crippen LogP contribution is -2.34. The number of hydrogen-bond donors (Lipinski definition) is 0. The molecule has 0 saturated carbocycles. The van der Waals surface area contributed by atoms with Crippen LogP contribution in [0.3, 0.4) is 0 Å². The van der Waals surface area contributed by atoms with E-state index in [9.17, 15) is 0 Å². The van der Waals surface area contributed by atoms with Gasteiger partial charge < -0.3 is 0 Å². The molecule has 0 aliphatic rings. The van der Waals surface area contributed by atoms with Crippen molar-refractivity contribution in [1.82, 2.24) is 10.3 Å². The third-order valence-electron chi connectivity index (χ3n) is 0.925. The summed E-state index contributed by atoms with van der Waals surface area (Å²) in [6.45, 7) is 0. The van der Waals surface area contributed by atoms with Crippen LogP contribution >= 0.6 is 0 Å². The zero-order valence-corrected chi connectivity index (χ0v) is 5.71. The predicted molar refractivity (Wildman–Crippen MR) is 29.5 cm³/mol. The van der Waals surface area contributed by atoms with Gasteiger partial charge >= 0.3 is 0 Å². The number of nitrogens with zero attached hydrogens (tertiary/aromatic N) is 2. The number of hydrogen-bond acceptors (Lipinski definition) is 4. The molecule has 0 aromatic carbocycles. The van der Waals surface area contributed by atoms with Crippen LogP contribution < -0.4 is 0 Å². The van der Waals surface area contributed by atoms with Crippen LogP contribution in [0.25, 0.3) is 0 Å². The Morgan fingerprint density at radius 1 is 0.875 bits per heavy atom. The van der Waals surface area contributed by atoms with Gasteiger partial charge in [-0.25, -0.2) is 0 Å². The summed E-state index contributed by atoms with van der Waals surface area (Å²) in [5, 5.41) is 2.92. The van der Waals surface area contributed by atoms with Crippen molar-refractivity contribution in [3.63, 3.8) is 0 Å². The molecular weight excluding hydrogens is 108 g/mol. The van der Waals surface area contributed by atoms with Crippen molar-refractivity contribution in [2.75, 3.05) is 28.3 Å². The van der Waals surface area contributed by atoms with Gasteiger partial charge in [-0.15, -0.1) is 10.3 Å². The maximum absolute atomic E-state index is 4.74. The summed E-state index contributed by atoms with van der Waals surface area (Å²) in [5.74, 6) is 0. The first-order chi connectivity index (χ1) is 3.72. The molecular formula is C4H12N2O2. The van der Waals surface area contributed by atoms with Crippen molar-refractivity contribution in [1.29, 1.82) is 0 Å². The van der Waals surface area contributed by atoms with Gasteiger partial charge in [0.1, 0.15) is 0 Å². The minimum atomic E-state index is 1.46. The smallest absolute Gasteiger partial charge is 0.0592 e. The predicted octanol–water partition coefficient (Wildman–Crippen LogP) is -0.112. The van der Waals surface area contributed by atoms with Gasteiger partial charge in [0.15, 0.2) is 0 Å². The molecule has 0 heterocycles. The first-order valence-electron chi connectivity index (χ1n) is 2.28. The highest BCUT2D eigenvalue weighted by molar-refractivity contribution is 4.06. The molecule has 0 atom stereocenters. The van der Waals surface area contributed by atoms with Crippen molar-refractivity contribution in [3.05, 3.63) is 0 Å². The van der Waals surface area contributed by atoms with Crippen molar-refractivity contribution in [2.45, 2.75) is 0 Å². The first kappa shape index (κ1) is 7.84. The van der Waals surface area contributed by atoms with Gasteiger partial charge in [0.05, 0.1) is 14.2 Å². The maximum atomic E-state index is 4.74. The van der Waals surface area contributed by atoms with Crippen molar-refractivity contribution in [2.24, 2.45) is 0 Å². The van der Waals surface area contributed by atoms with E-state index in [1.165, 1.54) is 10.3 Å². The molecule has 0 aliphatic carbocycles. The molecule has 0 rings (SSSR count). The van der Waals surface area contributed by atoms with Crippen molar-refractivity contribution >= 4 is 0 Å².